The van der Waals surface area contributed by atoms with Crippen LogP contribution in [0.25, 0.3) is 11.3 Å². The number of nitrogen functional groups attached to an aromatic ring is 1. The van der Waals surface area contributed by atoms with Gasteiger partial charge in [-0.1, -0.05) is 18.2 Å². The summed E-state index contributed by atoms with van der Waals surface area (Å²) in [6.07, 6.45) is 3.61. The Bertz CT molecular complexity index is 1320. The van der Waals surface area contributed by atoms with Gasteiger partial charge in [-0.3, -0.25) is 4.68 Å². The number of para-hydroxylation sites is 1. The van der Waals surface area contributed by atoms with E-state index in [-0.39, 0.29) is 0 Å². The first-order valence-electron chi connectivity index (χ1n) is 11.4. The second-order valence-corrected chi connectivity index (χ2v) is 8.15. The molecule has 1 saturated heterocycles. The van der Waals surface area contributed by atoms with E-state index in [1.54, 1.807) is 18.0 Å². The summed E-state index contributed by atoms with van der Waals surface area (Å²) in [7, 11) is 3.53. The first-order valence-corrected chi connectivity index (χ1v) is 11.4. The highest BCUT2D eigenvalue weighted by atomic mass is 16.5. The van der Waals surface area contributed by atoms with Crippen molar-refractivity contribution in [2.24, 2.45) is 7.05 Å². The fourth-order valence-corrected chi connectivity index (χ4v) is 4.05. The fraction of sp³-hybridized carbons (Fsp3) is 0.240. The van der Waals surface area contributed by atoms with Gasteiger partial charge in [-0.2, -0.15) is 10.1 Å². The van der Waals surface area contributed by atoms with Gasteiger partial charge in [0.25, 0.3) is 0 Å². The van der Waals surface area contributed by atoms with E-state index in [9.17, 15) is 0 Å². The standard InChI is InChI=1S/C25H28N8O2/c1-32-10-8-20(31-32)17-5-3-4-6-19(17)28-24-7-9-27-25(30-24)29-21-15-18(26)22(16-23(21)34-2)33-11-13-35-14-12-33/h3-10,15-16H,11-14,26H2,1-2H3,(H2,27,28,29,30). The third-order valence-electron chi connectivity index (χ3n) is 5.78. The molecule has 2 aromatic carbocycles. The Morgan fingerprint density at radius 3 is 2.63 bits per heavy atom. The second kappa shape index (κ2) is 9.90. The van der Waals surface area contributed by atoms with Gasteiger partial charge in [-0.05, 0) is 24.3 Å². The summed E-state index contributed by atoms with van der Waals surface area (Å²) in [4.78, 5) is 11.2. The molecular weight excluding hydrogens is 444 g/mol. The zero-order chi connectivity index (χ0) is 24.2. The van der Waals surface area contributed by atoms with Crippen molar-refractivity contribution >= 4 is 34.5 Å². The molecule has 0 spiro atoms. The highest BCUT2D eigenvalue weighted by molar-refractivity contribution is 5.80. The van der Waals surface area contributed by atoms with Crippen LogP contribution >= 0.6 is 0 Å². The molecule has 0 amide bonds. The average Bonchev–Trinajstić information content (AvgIpc) is 3.31. The molecule has 1 aliphatic heterocycles. The number of nitrogens with two attached hydrogens (primary N) is 1. The monoisotopic (exact) mass is 472 g/mol. The van der Waals surface area contributed by atoms with Crippen molar-refractivity contribution in [1.29, 1.82) is 0 Å². The first kappa shape index (κ1) is 22.5. The SMILES string of the molecule is COc1cc(N2CCOCC2)c(N)cc1Nc1nccc(Nc2ccccc2-c2ccn(C)n2)n1. The number of hydrogen-bond acceptors (Lipinski definition) is 9. The molecule has 0 saturated carbocycles. The van der Waals surface area contributed by atoms with Crippen LogP contribution in [0.5, 0.6) is 5.75 Å². The molecule has 0 aliphatic carbocycles. The lowest BCUT2D eigenvalue weighted by Crippen LogP contribution is -2.36. The summed E-state index contributed by atoms with van der Waals surface area (Å²) in [5.41, 5.74) is 11.4. The van der Waals surface area contributed by atoms with Gasteiger partial charge in [0, 0.05) is 49.8 Å². The van der Waals surface area contributed by atoms with E-state index < -0.39 is 0 Å². The minimum Gasteiger partial charge on any atom is -0.494 e. The number of anilines is 6. The molecule has 0 atom stereocenters. The van der Waals surface area contributed by atoms with E-state index in [2.05, 4.69) is 30.6 Å². The van der Waals surface area contributed by atoms with Crippen molar-refractivity contribution in [3.05, 3.63) is 60.9 Å². The van der Waals surface area contributed by atoms with Gasteiger partial charge in [0.15, 0.2) is 0 Å². The zero-order valence-corrected chi connectivity index (χ0v) is 19.7. The van der Waals surface area contributed by atoms with Crippen molar-refractivity contribution in [2.75, 3.05) is 54.7 Å². The molecule has 4 aromatic rings. The van der Waals surface area contributed by atoms with Crippen LogP contribution in [0.4, 0.5) is 34.5 Å². The molecule has 0 bridgehead atoms. The zero-order valence-electron chi connectivity index (χ0n) is 19.7. The molecule has 10 heteroatoms. The van der Waals surface area contributed by atoms with Crippen LogP contribution in [-0.4, -0.2) is 53.2 Å². The van der Waals surface area contributed by atoms with Gasteiger partial charge < -0.3 is 30.7 Å². The van der Waals surface area contributed by atoms with E-state index in [4.69, 9.17) is 15.2 Å². The molecule has 1 aliphatic rings. The summed E-state index contributed by atoms with van der Waals surface area (Å²) in [5.74, 6) is 1.72. The van der Waals surface area contributed by atoms with Gasteiger partial charge in [0.05, 0.1) is 43.1 Å². The molecule has 35 heavy (non-hydrogen) atoms. The summed E-state index contributed by atoms with van der Waals surface area (Å²) in [5, 5.41) is 11.1. The lowest BCUT2D eigenvalue weighted by Gasteiger charge is -2.30. The summed E-state index contributed by atoms with van der Waals surface area (Å²) in [6, 6.07) is 15.6. The quantitative estimate of drug-likeness (QED) is 0.346. The highest BCUT2D eigenvalue weighted by Gasteiger charge is 2.18. The largest absolute Gasteiger partial charge is 0.494 e. The fourth-order valence-electron chi connectivity index (χ4n) is 4.05. The number of hydrogen-bond donors (Lipinski definition) is 3. The molecule has 1 fully saturated rings. The molecule has 4 N–H and O–H groups in total. The van der Waals surface area contributed by atoms with Crippen molar-refractivity contribution in [1.82, 2.24) is 19.7 Å². The predicted octanol–water partition coefficient (Wildman–Crippen LogP) is 3.79. The third-order valence-corrected chi connectivity index (χ3v) is 5.78. The van der Waals surface area contributed by atoms with Crippen LogP contribution in [0.15, 0.2) is 60.9 Å². The Morgan fingerprint density at radius 1 is 1.03 bits per heavy atom. The molecule has 2 aromatic heterocycles. The number of nitrogens with zero attached hydrogens (tertiary/aromatic N) is 5. The maximum atomic E-state index is 6.40. The summed E-state index contributed by atoms with van der Waals surface area (Å²) >= 11 is 0. The number of aryl methyl sites for hydroxylation is 1. The maximum Gasteiger partial charge on any atom is 0.229 e. The van der Waals surface area contributed by atoms with Crippen molar-refractivity contribution < 1.29 is 9.47 Å². The number of rotatable bonds is 7. The number of nitrogens with one attached hydrogen (secondary N) is 2. The Balaban J connectivity index is 1.38. The van der Waals surface area contributed by atoms with Crippen LogP contribution in [0.3, 0.4) is 0 Å². The lowest BCUT2D eigenvalue weighted by atomic mass is 10.1. The van der Waals surface area contributed by atoms with Crippen LogP contribution in [0, 0.1) is 0 Å². The predicted molar refractivity (Wildman–Crippen MR) is 138 cm³/mol. The first-order chi connectivity index (χ1) is 17.1. The Kier molecular flexibility index (Phi) is 6.36. The molecule has 5 rings (SSSR count). The van der Waals surface area contributed by atoms with Gasteiger partial charge in [-0.25, -0.2) is 4.98 Å². The molecule has 10 nitrogen and oxygen atoms in total. The minimum atomic E-state index is 0.419. The normalized spacial score (nSPS) is 13.5. The van der Waals surface area contributed by atoms with Crippen molar-refractivity contribution in [2.45, 2.75) is 0 Å². The van der Waals surface area contributed by atoms with Gasteiger partial charge >= 0.3 is 0 Å². The van der Waals surface area contributed by atoms with Crippen LogP contribution in [0.1, 0.15) is 0 Å². The molecule has 3 heterocycles. The molecule has 0 radical (unpaired) electrons. The van der Waals surface area contributed by atoms with E-state index >= 15 is 0 Å². The average molecular weight is 473 g/mol. The van der Waals surface area contributed by atoms with E-state index in [0.29, 0.717) is 42.1 Å². The van der Waals surface area contributed by atoms with E-state index in [0.717, 1.165) is 35.7 Å². The molecular formula is C25H28N8O2. The maximum absolute atomic E-state index is 6.40. The van der Waals surface area contributed by atoms with E-state index in [1.165, 1.54) is 0 Å². The van der Waals surface area contributed by atoms with Crippen LogP contribution in [0.2, 0.25) is 0 Å². The summed E-state index contributed by atoms with van der Waals surface area (Å²) < 4.78 is 12.9. The number of aromatic nitrogens is 4. The Hall–Kier alpha value is -4.31. The van der Waals surface area contributed by atoms with E-state index in [1.807, 2.05) is 61.8 Å². The van der Waals surface area contributed by atoms with Gasteiger partial charge in [0.2, 0.25) is 5.95 Å². The Morgan fingerprint density at radius 2 is 1.86 bits per heavy atom. The smallest absolute Gasteiger partial charge is 0.229 e. The number of benzene rings is 2. The Labute approximate surface area is 203 Å². The third kappa shape index (κ3) is 4.97. The number of ether oxygens (including phenoxy) is 2. The topological polar surface area (TPSA) is 115 Å². The molecule has 0 unspecified atom stereocenters. The summed E-state index contributed by atoms with van der Waals surface area (Å²) in [6.45, 7) is 2.94. The molecule has 180 valence electrons. The number of methoxy groups -OCH3 is 1. The highest BCUT2D eigenvalue weighted by Crippen LogP contribution is 2.37. The van der Waals surface area contributed by atoms with Gasteiger partial charge in [-0.15, -0.1) is 0 Å². The second-order valence-electron chi connectivity index (χ2n) is 8.15. The van der Waals surface area contributed by atoms with Crippen LogP contribution in [-0.2, 0) is 11.8 Å². The van der Waals surface area contributed by atoms with Crippen molar-refractivity contribution in [3.8, 4) is 17.0 Å². The van der Waals surface area contributed by atoms with Crippen LogP contribution < -0.4 is 26.0 Å². The lowest BCUT2D eigenvalue weighted by molar-refractivity contribution is 0.123. The van der Waals surface area contributed by atoms with Gasteiger partial charge in [0.1, 0.15) is 11.6 Å². The number of morpholine rings is 1. The van der Waals surface area contributed by atoms with Crippen molar-refractivity contribution in [3.63, 3.8) is 0 Å². The minimum absolute atomic E-state index is 0.419.